The summed E-state index contributed by atoms with van der Waals surface area (Å²) in [4.78, 5) is 0. The Morgan fingerprint density at radius 1 is 1.54 bits per heavy atom. The van der Waals surface area contributed by atoms with Crippen LogP contribution in [0.4, 0.5) is 0 Å². The standard InChI is InChI=1S/C11H19NS/c1-3-5-8-12-10-6-7-11(9-10)13-4-2/h1,10-12H,4-9H2,2H3. The Morgan fingerprint density at radius 2 is 2.38 bits per heavy atom. The van der Waals surface area contributed by atoms with Crippen molar-refractivity contribution in [3.63, 3.8) is 0 Å². The van der Waals surface area contributed by atoms with E-state index in [0.717, 1.165) is 24.3 Å². The number of thioether (sulfide) groups is 1. The van der Waals surface area contributed by atoms with Gasteiger partial charge in [0.05, 0.1) is 0 Å². The monoisotopic (exact) mass is 197 g/mol. The lowest BCUT2D eigenvalue weighted by Crippen LogP contribution is -2.27. The van der Waals surface area contributed by atoms with Gasteiger partial charge in [-0.05, 0) is 25.0 Å². The predicted molar refractivity (Wildman–Crippen MR) is 61.0 cm³/mol. The van der Waals surface area contributed by atoms with Gasteiger partial charge in [0.1, 0.15) is 0 Å². The molecule has 1 fully saturated rings. The number of terminal acetylenes is 1. The molecule has 2 atom stereocenters. The van der Waals surface area contributed by atoms with E-state index in [2.05, 4.69) is 29.9 Å². The van der Waals surface area contributed by atoms with Gasteiger partial charge in [0.25, 0.3) is 0 Å². The first-order chi connectivity index (χ1) is 6.36. The average Bonchev–Trinajstić information content (AvgIpc) is 2.54. The highest BCUT2D eigenvalue weighted by Gasteiger charge is 2.23. The summed E-state index contributed by atoms with van der Waals surface area (Å²) in [5.41, 5.74) is 0. The van der Waals surface area contributed by atoms with E-state index >= 15 is 0 Å². The first kappa shape index (κ1) is 10.9. The van der Waals surface area contributed by atoms with E-state index < -0.39 is 0 Å². The summed E-state index contributed by atoms with van der Waals surface area (Å²) in [6.45, 7) is 3.23. The van der Waals surface area contributed by atoms with Gasteiger partial charge in [-0.25, -0.2) is 0 Å². The maximum absolute atomic E-state index is 5.19. The fraction of sp³-hybridized carbons (Fsp3) is 0.818. The molecule has 0 spiro atoms. The average molecular weight is 197 g/mol. The Morgan fingerprint density at radius 3 is 3.08 bits per heavy atom. The lowest BCUT2D eigenvalue weighted by Gasteiger charge is -2.11. The Kier molecular flexibility index (Phi) is 5.34. The molecular formula is C11H19NS. The van der Waals surface area contributed by atoms with Gasteiger partial charge < -0.3 is 5.32 Å². The molecule has 1 N–H and O–H groups in total. The third-order valence-electron chi connectivity index (χ3n) is 2.49. The van der Waals surface area contributed by atoms with Crippen molar-refractivity contribution in [2.75, 3.05) is 12.3 Å². The highest BCUT2D eigenvalue weighted by Crippen LogP contribution is 2.29. The van der Waals surface area contributed by atoms with Crippen LogP contribution in [0.15, 0.2) is 0 Å². The number of rotatable bonds is 5. The Balaban J connectivity index is 2.07. The molecule has 0 aromatic heterocycles. The molecular weight excluding hydrogens is 178 g/mol. The zero-order valence-electron chi connectivity index (χ0n) is 8.38. The smallest absolute Gasteiger partial charge is 0.0211 e. The van der Waals surface area contributed by atoms with Gasteiger partial charge in [-0.3, -0.25) is 0 Å². The number of nitrogens with one attached hydrogen (secondary N) is 1. The summed E-state index contributed by atoms with van der Waals surface area (Å²) < 4.78 is 0. The van der Waals surface area contributed by atoms with Crippen molar-refractivity contribution in [1.29, 1.82) is 0 Å². The second-order valence-corrected chi connectivity index (χ2v) is 5.07. The SMILES string of the molecule is C#CCCNC1CCC(SCC)C1. The minimum absolute atomic E-state index is 0.734. The van der Waals surface area contributed by atoms with Crippen LogP contribution in [-0.4, -0.2) is 23.6 Å². The first-order valence-electron chi connectivity index (χ1n) is 5.15. The van der Waals surface area contributed by atoms with Gasteiger partial charge in [0.15, 0.2) is 0 Å². The van der Waals surface area contributed by atoms with E-state index in [1.165, 1.54) is 25.0 Å². The summed E-state index contributed by atoms with van der Waals surface area (Å²) in [6, 6.07) is 0.734. The quantitative estimate of drug-likeness (QED) is 0.536. The summed E-state index contributed by atoms with van der Waals surface area (Å²) in [7, 11) is 0. The van der Waals surface area contributed by atoms with Crippen molar-refractivity contribution < 1.29 is 0 Å². The number of hydrogen-bond acceptors (Lipinski definition) is 2. The molecule has 0 aromatic carbocycles. The predicted octanol–water partition coefficient (Wildman–Crippen LogP) is 2.27. The Labute approximate surface area is 86.1 Å². The van der Waals surface area contributed by atoms with Crippen LogP contribution in [0, 0.1) is 12.3 Å². The van der Waals surface area contributed by atoms with Gasteiger partial charge in [0.2, 0.25) is 0 Å². The van der Waals surface area contributed by atoms with Crippen LogP contribution in [0.25, 0.3) is 0 Å². The molecule has 0 saturated heterocycles. The molecule has 0 aromatic rings. The van der Waals surface area contributed by atoms with E-state index in [9.17, 15) is 0 Å². The van der Waals surface area contributed by atoms with Gasteiger partial charge in [-0.15, -0.1) is 12.3 Å². The van der Waals surface area contributed by atoms with Crippen LogP contribution >= 0.6 is 11.8 Å². The third-order valence-corrected chi connectivity index (χ3v) is 3.72. The minimum Gasteiger partial charge on any atom is -0.313 e. The first-order valence-corrected chi connectivity index (χ1v) is 6.20. The van der Waals surface area contributed by atoms with Crippen molar-refractivity contribution in [2.45, 2.75) is 43.9 Å². The lowest BCUT2D eigenvalue weighted by molar-refractivity contribution is 0.533. The van der Waals surface area contributed by atoms with E-state index in [1.807, 2.05) is 0 Å². The molecule has 1 aliphatic carbocycles. The van der Waals surface area contributed by atoms with Crippen LogP contribution in [0.1, 0.15) is 32.6 Å². The van der Waals surface area contributed by atoms with Gasteiger partial charge in [-0.1, -0.05) is 6.92 Å². The summed E-state index contributed by atoms with van der Waals surface area (Å²) in [5, 5.41) is 4.41. The molecule has 2 unspecified atom stereocenters. The number of hydrogen-bond donors (Lipinski definition) is 1. The maximum Gasteiger partial charge on any atom is 0.0211 e. The van der Waals surface area contributed by atoms with Crippen molar-refractivity contribution in [3.05, 3.63) is 0 Å². The fourth-order valence-electron chi connectivity index (χ4n) is 1.86. The normalized spacial score (nSPS) is 27.4. The van der Waals surface area contributed by atoms with E-state index in [0.29, 0.717) is 0 Å². The maximum atomic E-state index is 5.19. The molecule has 0 amide bonds. The summed E-state index contributed by atoms with van der Waals surface area (Å²) in [6.07, 6.45) is 10.1. The molecule has 0 aliphatic heterocycles. The summed E-state index contributed by atoms with van der Waals surface area (Å²) in [5.74, 6) is 3.91. The zero-order valence-corrected chi connectivity index (χ0v) is 9.20. The van der Waals surface area contributed by atoms with Gasteiger partial charge in [-0.2, -0.15) is 11.8 Å². The Bertz CT molecular complexity index is 173. The van der Waals surface area contributed by atoms with Gasteiger partial charge in [0, 0.05) is 24.3 Å². The molecule has 0 bridgehead atoms. The second-order valence-electron chi connectivity index (χ2n) is 3.50. The Hall–Kier alpha value is -0.130. The molecule has 1 rings (SSSR count). The van der Waals surface area contributed by atoms with Crippen LogP contribution in [-0.2, 0) is 0 Å². The van der Waals surface area contributed by atoms with Crippen molar-refractivity contribution in [2.24, 2.45) is 0 Å². The van der Waals surface area contributed by atoms with Crippen molar-refractivity contribution in [3.8, 4) is 12.3 Å². The third kappa shape index (κ3) is 4.06. The largest absolute Gasteiger partial charge is 0.313 e. The molecule has 2 heteroatoms. The van der Waals surface area contributed by atoms with Crippen LogP contribution < -0.4 is 5.32 Å². The van der Waals surface area contributed by atoms with Crippen molar-refractivity contribution in [1.82, 2.24) is 5.32 Å². The van der Waals surface area contributed by atoms with Crippen LogP contribution in [0.3, 0.4) is 0 Å². The molecule has 0 radical (unpaired) electrons. The van der Waals surface area contributed by atoms with Crippen molar-refractivity contribution >= 4 is 11.8 Å². The van der Waals surface area contributed by atoms with E-state index in [1.54, 1.807) is 0 Å². The zero-order chi connectivity index (χ0) is 9.52. The topological polar surface area (TPSA) is 12.0 Å². The fourth-order valence-corrected chi connectivity index (χ4v) is 3.00. The molecule has 1 aliphatic rings. The summed E-state index contributed by atoms with van der Waals surface area (Å²) >= 11 is 2.10. The van der Waals surface area contributed by atoms with Gasteiger partial charge >= 0.3 is 0 Å². The van der Waals surface area contributed by atoms with Crippen LogP contribution in [0.5, 0.6) is 0 Å². The second kappa shape index (κ2) is 6.34. The molecule has 74 valence electrons. The molecule has 1 saturated carbocycles. The highest BCUT2D eigenvalue weighted by atomic mass is 32.2. The lowest BCUT2D eigenvalue weighted by atomic mass is 10.2. The minimum atomic E-state index is 0.734. The molecule has 1 nitrogen and oxygen atoms in total. The molecule has 0 heterocycles. The van der Waals surface area contributed by atoms with E-state index in [-0.39, 0.29) is 0 Å². The molecule has 13 heavy (non-hydrogen) atoms. The van der Waals surface area contributed by atoms with E-state index in [4.69, 9.17) is 6.42 Å². The highest BCUT2D eigenvalue weighted by molar-refractivity contribution is 7.99. The van der Waals surface area contributed by atoms with Crippen LogP contribution in [0.2, 0.25) is 0 Å².